The SMILES string of the molecule is O=C1C[C@H](N2CCN(c3ccccc3)CC2)C(=O)N1c1ccccc1F. The Hall–Kier alpha value is -2.73. The van der Waals surface area contributed by atoms with Crippen molar-refractivity contribution in [1.82, 2.24) is 4.90 Å². The molecule has 2 saturated heterocycles. The van der Waals surface area contributed by atoms with Crippen molar-refractivity contribution in [3.63, 3.8) is 0 Å². The maximum absolute atomic E-state index is 14.0. The number of halogens is 1. The van der Waals surface area contributed by atoms with Gasteiger partial charge in [-0.1, -0.05) is 30.3 Å². The maximum atomic E-state index is 14.0. The summed E-state index contributed by atoms with van der Waals surface area (Å²) in [6.45, 7) is 2.98. The lowest BCUT2D eigenvalue weighted by Gasteiger charge is -2.38. The van der Waals surface area contributed by atoms with Gasteiger partial charge in [0.15, 0.2) is 0 Å². The van der Waals surface area contributed by atoms with Crippen LogP contribution in [0.5, 0.6) is 0 Å². The largest absolute Gasteiger partial charge is 0.369 e. The number of piperazine rings is 1. The van der Waals surface area contributed by atoms with Crippen LogP contribution in [0.15, 0.2) is 54.6 Å². The molecule has 5 nitrogen and oxygen atoms in total. The highest BCUT2D eigenvalue weighted by Crippen LogP contribution is 2.28. The molecule has 0 bridgehead atoms. The maximum Gasteiger partial charge on any atom is 0.251 e. The van der Waals surface area contributed by atoms with Crippen molar-refractivity contribution in [2.24, 2.45) is 0 Å². The standard InChI is InChI=1S/C20H20FN3O2/c21-16-8-4-5-9-17(16)24-19(25)14-18(20(24)26)23-12-10-22(11-13-23)15-6-2-1-3-7-15/h1-9,18H,10-14H2/t18-/m0/s1. The van der Waals surface area contributed by atoms with Gasteiger partial charge in [-0.05, 0) is 24.3 Å². The molecule has 2 aromatic carbocycles. The van der Waals surface area contributed by atoms with E-state index >= 15 is 0 Å². The van der Waals surface area contributed by atoms with Crippen molar-refractivity contribution in [1.29, 1.82) is 0 Å². The molecular weight excluding hydrogens is 333 g/mol. The predicted octanol–water partition coefficient (Wildman–Crippen LogP) is 2.28. The second-order valence-electron chi connectivity index (χ2n) is 6.60. The van der Waals surface area contributed by atoms with Crippen molar-refractivity contribution in [2.75, 3.05) is 36.0 Å². The number of benzene rings is 2. The van der Waals surface area contributed by atoms with Gasteiger partial charge in [-0.25, -0.2) is 9.29 Å². The average Bonchev–Trinajstić information content (AvgIpc) is 2.97. The zero-order valence-corrected chi connectivity index (χ0v) is 14.3. The van der Waals surface area contributed by atoms with Crippen molar-refractivity contribution in [3.05, 3.63) is 60.4 Å². The number of anilines is 2. The van der Waals surface area contributed by atoms with Gasteiger partial charge in [0, 0.05) is 31.9 Å². The van der Waals surface area contributed by atoms with E-state index in [-0.39, 0.29) is 23.9 Å². The van der Waals surface area contributed by atoms with Crippen LogP contribution in [-0.4, -0.2) is 48.9 Å². The van der Waals surface area contributed by atoms with Crippen molar-refractivity contribution in [3.8, 4) is 0 Å². The van der Waals surface area contributed by atoms with Gasteiger partial charge in [0.1, 0.15) is 5.82 Å². The van der Waals surface area contributed by atoms with Gasteiger partial charge >= 0.3 is 0 Å². The molecular formula is C20H20FN3O2. The number of hydrogen-bond donors (Lipinski definition) is 0. The predicted molar refractivity (Wildman–Crippen MR) is 97.5 cm³/mol. The molecule has 0 aromatic heterocycles. The Morgan fingerprint density at radius 2 is 1.50 bits per heavy atom. The third-order valence-electron chi connectivity index (χ3n) is 5.09. The van der Waals surface area contributed by atoms with Crippen LogP contribution in [0.4, 0.5) is 15.8 Å². The number of carbonyl (C=O) groups is 2. The van der Waals surface area contributed by atoms with Gasteiger partial charge in [-0.2, -0.15) is 0 Å². The first-order chi connectivity index (χ1) is 12.6. The summed E-state index contributed by atoms with van der Waals surface area (Å²) in [6.07, 6.45) is 0.110. The number of para-hydroxylation sites is 2. The molecule has 2 amide bonds. The van der Waals surface area contributed by atoms with E-state index in [1.165, 1.54) is 12.1 Å². The molecule has 4 rings (SSSR count). The van der Waals surface area contributed by atoms with Crippen LogP contribution in [0, 0.1) is 5.82 Å². The Bertz CT molecular complexity index is 819. The van der Waals surface area contributed by atoms with Crippen LogP contribution >= 0.6 is 0 Å². The highest BCUT2D eigenvalue weighted by Gasteiger charge is 2.44. The van der Waals surface area contributed by atoms with E-state index in [0.29, 0.717) is 13.1 Å². The summed E-state index contributed by atoms with van der Waals surface area (Å²) >= 11 is 0. The molecule has 2 aliphatic heterocycles. The van der Waals surface area contributed by atoms with Crippen LogP contribution in [0.1, 0.15) is 6.42 Å². The van der Waals surface area contributed by atoms with E-state index in [1.807, 2.05) is 23.1 Å². The van der Waals surface area contributed by atoms with Gasteiger partial charge < -0.3 is 4.90 Å². The molecule has 0 aliphatic carbocycles. The lowest BCUT2D eigenvalue weighted by molar-refractivity contribution is -0.123. The highest BCUT2D eigenvalue weighted by atomic mass is 19.1. The topological polar surface area (TPSA) is 43.9 Å². The zero-order chi connectivity index (χ0) is 18.1. The minimum absolute atomic E-state index is 0.0490. The van der Waals surface area contributed by atoms with E-state index in [2.05, 4.69) is 17.0 Å². The van der Waals surface area contributed by atoms with E-state index in [4.69, 9.17) is 0 Å². The van der Waals surface area contributed by atoms with Crippen LogP contribution in [0.3, 0.4) is 0 Å². The molecule has 1 atom stereocenters. The molecule has 2 aliphatic rings. The minimum atomic E-state index is -0.552. The summed E-state index contributed by atoms with van der Waals surface area (Å²) in [4.78, 5) is 30.5. The monoisotopic (exact) mass is 353 g/mol. The molecule has 2 heterocycles. The number of amides is 2. The molecule has 0 N–H and O–H groups in total. The molecule has 0 saturated carbocycles. The first kappa shape index (κ1) is 16.7. The molecule has 6 heteroatoms. The molecule has 134 valence electrons. The van der Waals surface area contributed by atoms with Gasteiger partial charge in [-0.15, -0.1) is 0 Å². The van der Waals surface area contributed by atoms with Gasteiger partial charge in [-0.3, -0.25) is 14.5 Å². The second-order valence-corrected chi connectivity index (χ2v) is 6.60. The average molecular weight is 353 g/mol. The van der Waals surface area contributed by atoms with E-state index < -0.39 is 11.9 Å². The summed E-state index contributed by atoms with van der Waals surface area (Å²) in [5.74, 6) is -1.22. The number of rotatable bonds is 3. The number of nitrogens with zero attached hydrogens (tertiary/aromatic N) is 3. The minimum Gasteiger partial charge on any atom is -0.369 e. The van der Waals surface area contributed by atoms with Crippen LogP contribution in [-0.2, 0) is 9.59 Å². The molecule has 26 heavy (non-hydrogen) atoms. The smallest absolute Gasteiger partial charge is 0.251 e. The fourth-order valence-corrected chi connectivity index (χ4v) is 3.72. The fraction of sp³-hybridized carbons (Fsp3) is 0.300. The third kappa shape index (κ3) is 2.97. The van der Waals surface area contributed by atoms with Gasteiger partial charge in [0.2, 0.25) is 5.91 Å². The normalized spacial score (nSPS) is 21.5. The van der Waals surface area contributed by atoms with Crippen LogP contribution < -0.4 is 9.80 Å². The van der Waals surface area contributed by atoms with Crippen LogP contribution in [0.25, 0.3) is 0 Å². The second kappa shape index (κ2) is 6.88. The molecule has 0 spiro atoms. The quantitative estimate of drug-likeness (QED) is 0.794. The molecule has 0 radical (unpaired) electrons. The summed E-state index contributed by atoms with van der Waals surface area (Å²) in [5, 5.41) is 0. The third-order valence-corrected chi connectivity index (χ3v) is 5.09. The Balaban J connectivity index is 1.46. The van der Waals surface area contributed by atoms with Crippen molar-refractivity contribution in [2.45, 2.75) is 12.5 Å². The number of imide groups is 1. The van der Waals surface area contributed by atoms with E-state index in [9.17, 15) is 14.0 Å². The first-order valence-electron chi connectivity index (χ1n) is 8.80. The molecule has 0 unspecified atom stereocenters. The summed E-state index contributed by atoms with van der Waals surface area (Å²) in [6, 6.07) is 15.6. The van der Waals surface area contributed by atoms with Gasteiger partial charge in [0.25, 0.3) is 5.91 Å². The Morgan fingerprint density at radius 1 is 0.846 bits per heavy atom. The summed E-state index contributed by atoms with van der Waals surface area (Å²) in [7, 11) is 0. The van der Waals surface area contributed by atoms with Crippen molar-refractivity contribution >= 4 is 23.2 Å². The Labute approximate surface area is 151 Å². The summed E-state index contributed by atoms with van der Waals surface area (Å²) in [5.41, 5.74) is 1.21. The van der Waals surface area contributed by atoms with E-state index in [1.54, 1.807) is 12.1 Å². The Kier molecular flexibility index (Phi) is 4.42. The number of carbonyl (C=O) groups excluding carboxylic acids is 2. The van der Waals surface area contributed by atoms with E-state index in [0.717, 1.165) is 23.7 Å². The fourth-order valence-electron chi connectivity index (χ4n) is 3.72. The lowest BCUT2D eigenvalue weighted by Crippen LogP contribution is -2.52. The first-order valence-corrected chi connectivity index (χ1v) is 8.80. The summed E-state index contributed by atoms with van der Waals surface area (Å²) < 4.78 is 14.0. The van der Waals surface area contributed by atoms with Gasteiger partial charge in [0.05, 0.1) is 18.2 Å². The molecule has 2 aromatic rings. The highest BCUT2D eigenvalue weighted by molar-refractivity contribution is 6.22. The zero-order valence-electron chi connectivity index (χ0n) is 14.3. The van der Waals surface area contributed by atoms with Crippen molar-refractivity contribution < 1.29 is 14.0 Å². The molecule has 2 fully saturated rings. The Morgan fingerprint density at radius 3 is 2.19 bits per heavy atom. The lowest BCUT2D eigenvalue weighted by atomic mass is 10.1. The number of hydrogen-bond acceptors (Lipinski definition) is 4. The van der Waals surface area contributed by atoms with Crippen LogP contribution in [0.2, 0.25) is 0 Å².